The average Bonchev–Trinajstić information content (AvgIpc) is 3.17. The lowest BCUT2D eigenvalue weighted by molar-refractivity contribution is -0.115. The fourth-order valence-electron chi connectivity index (χ4n) is 2.52. The molecular formula is C20H21N5O2. The van der Waals surface area contributed by atoms with E-state index in [2.05, 4.69) is 27.7 Å². The molecule has 1 N–H and O–H groups in total. The van der Waals surface area contributed by atoms with Crippen molar-refractivity contribution in [1.82, 2.24) is 20.2 Å². The topological polar surface area (TPSA) is 89.8 Å². The maximum Gasteiger partial charge on any atom is 0.224 e. The lowest BCUT2D eigenvalue weighted by Gasteiger charge is -2.05. The molecule has 3 aromatic rings. The summed E-state index contributed by atoms with van der Waals surface area (Å²) in [6, 6.07) is 14.7. The number of benzene rings is 2. The number of rotatable bonds is 7. The third-order valence-electron chi connectivity index (χ3n) is 4.17. The second kappa shape index (κ2) is 8.35. The molecule has 0 saturated heterocycles. The molecule has 0 aliphatic carbocycles. The van der Waals surface area contributed by atoms with E-state index in [4.69, 9.17) is 0 Å². The second-order valence-corrected chi connectivity index (χ2v) is 6.10. The number of nitrogens with zero attached hydrogens (tertiary/aromatic N) is 4. The number of Topliss-reactive ketones (excluding diaryl/α,β-unsaturated/α-hetero) is 1. The summed E-state index contributed by atoms with van der Waals surface area (Å²) in [4.78, 5) is 25.1. The summed E-state index contributed by atoms with van der Waals surface area (Å²) < 4.78 is 0. The molecule has 0 unspecified atom stereocenters. The summed E-state index contributed by atoms with van der Waals surface area (Å²) in [5, 5.41) is 15.0. The number of aromatic nitrogens is 4. The first-order valence-electron chi connectivity index (χ1n) is 8.89. The Morgan fingerprint density at radius 1 is 1.00 bits per heavy atom. The first-order valence-corrected chi connectivity index (χ1v) is 8.89. The van der Waals surface area contributed by atoms with Crippen LogP contribution in [0, 0.1) is 0 Å². The molecule has 0 atom stereocenters. The zero-order valence-electron chi connectivity index (χ0n) is 15.3. The van der Waals surface area contributed by atoms with E-state index in [1.165, 1.54) is 10.4 Å². The highest BCUT2D eigenvalue weighted by atomic mass is 16.1. The van der Waals surface area contributed by atoms with Gasteiger partial charge in [-0.3, -0.25) is 9.59 Å². The standard InChI is InChI=1S/C20H21N5O2/c1-3-14-5-7-16(8-6-14)20-22-24-25(23-20)13-18(26)15-9-11-17(12-10-15)21-19(27)4-2/h5-12H,3-4,13H2,1-2H3,(H,21,27). The first-order chi connectivity index (χ1) is 13.1. The van der Waals surface area contributed by atoms with Gasteiger partial charge in [0.2, 0.25) is 11.7 Å². The van der Waals surface area contributed by atoms with Crippen LogP contribution in [0.25, 0.3) is 11.4 Å². The molecule has 27 heavy (non-hydrogen) atoms. The lowest BCUT2D eigenvalue weighted by Crippen LogP contribution is -2.14. The number of hydrogen-bond acceptors (Lipinski definition) is 5. The van der Waals surface area contributed by atoms with Crippen LogP contribution >= 0.6 is 0 Å². The van der Waals surface area contributed by atoms with Crippen LogP contribution in [-0.2, 0) is 17.8 Å². The number of hydrogen-bond donors (Lipinski definition) is 1. The molecule has 0 radical (unpaired) electrons. The zero-order valence-corrected chi connectivity index (χ0v) is 15.3. The quantitative estimate of drug-likeness (QED) is 0.651. The zero-order chi connectivity index (χ0) is 19.2. The van der Waals surface area contributed by atoms with Crippen molar-refractivity contribution in [3.8, 4) is 11.4 Å². The van der Waals surface area contributed by atoms with Gasteiger partial charge in [0.05, 0.1) is 0 Å². The third-order valence-corrected chi connectivity index (χ3v) is 4.17. The van der Waals surface area contributed by atoms with Gasteiger partial charge in [0.1, 0.15) is 6.54 Å². The van der Waals surface area contributed by atoms with E-state index in [0.29, 0.717) is 23.5 Å². The molecule has 7 nitrogen and oxygen atoms in total. The fourth-order valence-corrected chi connectivity index (χ4v) is 2.52. The van der Waals surface area contributed by atoms with E-state index in [0.717, 1.165) is 12.0 Å². The SMILES string of the molecule is CCC(=O)Nc1ccc(C(=O)Cn2nnc(-c3ccc(CC)cc3)n2)cc1. The Balaban J connectivity index is 1.65. The number of anilines is 1. The van der Waals surface area contributed by atoms with Crippen LogP contribution in [0.5, 0.6) is 0 Å². The summed E-state index contributed by atoms with van der Waals surface area (Å²) in [5.41, 5.74) is 3.28. The van der Waals surface area contributed by atoms with Gasteiger partial charge in [-0.1, -0.05) is 38.1 Å². The summed E-state index contributed by atoms with van der Waals surface area (Å²) in [7, 11) is 0. The average molecular weight is 363 g/mol. The van der Waals surface area contributed by atoms with Gasteiger partial charge in [-0.05, 0) is 41.5 Å². The summed E-state index contributed by atoms with van der Waals surface area (Å²) in [6.07, 6.45) is 1.37. The Morgan fingerprint density at radius 3 is 2.33 bits per heavy atom. The highest BCUT2D eigenvalue weighted by Gasteiger charge is 2.11. The molecule has 0 spiro atoms. The van der Waals surface area contributed by atoms with Gasteiger partial charge in [0.25, 0.3) is 0 Å². The number of nitrogens with one attached hydrogen (secondary N) is 1. The Kier molecular flexibility index (Phi) is 5.71. The Morgan fingerprint density at radius 2 is 1.70 bits per heavy atom. The molecule has 7 heteroatoms. The molecule has 0 fully saturated rings. The van der Waals surface area contributed by atoms with Crippen LogP contribution < -0.4 is 5.32 Å². The van der Waals surface area contributed by atoms with E-state index in [-0.39, 0.29) is 18.2 Å². The number of aryl methyl sites for hydroxylation is 1. The van der Waals surface area contributed by atoms with Crippen LogP contribution in [0.1, 0.15) is 36.2 Å². The maximum absolute atomic E-state index is 12.4. The minimum atomic E-state index is -0.131. The molecule has 0 aliphatic heterocycles. The van der Waals surface area contributed by atoms with E-state index in [9.17, 15) is 9.59 Å². The van der Waals surface area contributed by atoms with E-state index >= 15 is 0 Å². The lowest BCUT2D eigenvalue weighted by atomic mass is 10.1. The highest BCUT2D eigenvalue weighted by Crippen LogP contribution is 2.15. The maximum atomic E-state index is 12.4. The minimum absolute atomic E-state index is 0.000704. The van der Waals surface area contributed by atoms with Gasteiger partial charge in [-0.2, -0.15) is 4.80 Å². The summed E-state index contributed by atoms with van der Waals surface area (Å²) in [5.74, 6) is 0.289. The number of amides is 1. The number of carbonyl (C=O) groups is 2. The van der Waals surface area contributed by atoms with Gasteiger partial charge in [0.15, 0.2) is 5.78 Å². The first kappa shape index (κ1) is 18.4. The third kappa shape index (κ3) is 4.63. The molecule has 138 valence electrons. The molecule has 1 aromatic heterocycles. The van der Waals surface area contributed by atoms with E-state index in [1.54, 1.807) is 31.2 Å². The molecule has 1 amide bonds. The van der Waals surface area contributed by atoms with E-state index in [1.807, 2.05) is 24.3 Å². The normalized spacial score (nSPS) is 10.6. The van der Waals surface area contributed by atoms with Crippen LogP contribution in [0.15, 0.2) is 48.5 Å². The van der Waals surface area contributed by atoms with Gasteiger partial charge in [0, 0.05) is 23.2 Å². The molecule has 2 aromatic carbocycles. The minimum Gasteiger partial charge on any atom is -0.326 e. The smallest absolute Gasteiger partial charge is 0.224 e. The van der Waals surface area contributed by atoms with Crippen molar-refractivity contribution in [1.29, 1.82) is 0 Å². The molecular weight excluding hydrogens is 342 g/mol. The Labute approximate surface area is 157 Å². The van der Waals surface area contributed by atoms with Gasteiger partial charge < -0.3 is 5.32 Å². The van der Waals surface area contributed by atoms with Crippen molar-refractivity contribution < 1.29 is 9.59 Å². The Hall–Kier alpha value is -3.35. The summed E-state index contributed by atoms with van der Waals surface area (Å²) in [6.45, 7) is 3.88. The van der Waals surface area contributed by atoms with Crippen LogP contribution in [0.3, 0.4) is 0 Å². The van der Waals surface area contributed by atoms with Crippen molar-refractivity contribution in [3.63, 3.8) is 0 Å². The largest absolute Gasteiger partial charge is 0.326 e. The van der Waals surface area contributed by atoms with Crippen LogP contribution in [0.2, 0.25) is 0 Å². The number of ketones is 1. The van der Waals surface area contributed by atoms with Crippen molar-refractivity contribution >= 4 is 17.4 Å². The van der Waals surface area contributed by atoms with Crippen molar-refractivity contribution in [2.45, 2.75) is 33.2 Å². The number of carbonyl (C=O) groups excluding carboxylic acids is 2. The van der Waals surface area contributed by atoms with Crippen LogP contribution in [0.4, 0.5) is 5.69 Å². The summed E-state index contributed by atoms with van der Waals surface area (Å²) >= 11 is 0. The molecule has 0 aliphatic rings. The molecule has 0 saturated carbocycles. The highest BCUT2D eigenvalue weighted by molar-refractivity contribution is 5.97. The van der Waals surface area contributed by atoms with Gasteiger partial charge >= 0.3 is 0 Å². The fraction of sp³-hybridized carbons (Fsp3) is 0.250. The van der Waals surface area contributed by atoms with Gasteiger partial charge in [-0.25, -0.2) is 0 Å². The molecule has 3 rings (SSSR count). The Bertz CT molecular complexity index is 930. The van der Waals surface area contributed by atoms with Crippen molar-refractivity contribution in [3.05, 3.63) is 59.7 Å². The van der Waals surface area contributed by atoms with Gasteiger partial charge in [-0.15, -0.1) is 10.2 Å². The monoisotopic (exact) mass is 363 g/mol. The van der Waals surface area contributed by atoms with Crippen molar-refractivity contribution in [2.24, 2.45) is 0 Å². The predicted molar refractivity (Wildman–Crippen MR) is 102 cm³/mol. The predicted octanol–water partition coefficient (Wildman–Crippen LogP) is 3.13. The second-order valence-electron chi connectivity index (χ2n) is 6.10. The van der Waals surface area contributed by atoms with E-state index < -0.39 is 0 Å². The van der Waals surface area contributed by atoms with Crippen molar-refractivity contribution in [2.75, 3.05) is 5.32 Å². The molecule has 0 bridgehead atoms. The van der Waals surface area contributed by atoms with Crippen LogP contribution in [-0.4, -0.2) is 31.9 Å². The molecule has 1 heterocycles. The number of tetrazole rings is 1.